The number of hydrogen-bond donors (Lipinski definition) is 1. The van der Waals surface area contributed by atoms with Crippen LogP contribution in [0.1, 0.15) is 27.2 Å². The summed E-state index contributed by atoms with van der Waals surface area (Å²) in [5.74, 6) is 0.785. The molecule has 0 amide bonds. The molecular weight excluding hydrogens is 112 g/mol. The van der Waals surface area contributed by atoms with E-state index in [1.807, 2.05) is 0 Å². The van der Waals surface area contributed by atoms with Crippen LogP contribution in [0.25, 0.3) is 0 Å². The predicted molar refractivity (Wildman–Crippen MR) is 38.8 cm³/mol. The molecule has 2 nitrogen and oxygen atoms in total. The maximum Gasteiger partial charge on any atom is 0.0945 e. The molecular formula is C7H16N2. The molecule has 2 atom stereocenters. The number of nitrogens with zero attached hydrogens (tertiary/aromatic N) is 1. The van der Waals surface area contributed by atoms with E-state index >= 15 is 0 Å². The Kier molecular flexibility index (Phi) is 1.53. The van der Waals surface area contributed by atoms with Crippen LogP contribution in [-0.2, 0) is 0 Å². The molecule has 1 aliphatic rings. The first kappa shape index (κ1) is 7.03. The van der Waals surface area contributed by atoms with E-state index in [1.165, 1.54) is 6.42 Å². The normalized spacial score (nSPS) is 41.7. The van der Waals surface area contributed by atoms with Gasteiger partial charge in [-0.1, -0.05) is 13.8 Å². The minimum absolute atomic E-state index is 0.314. The van der Waals surface area contributed by atoms with Crippen LogP contribution in [0.5, 0.6) is 0 Å². The van der Waals surface area contributed by atoms with E-state index in [2.05, 4.69) is 38.3 Å². The van der Waals surface area contributed by atoms with E-state index in [0.717, 1.165) is 5.92 Å². The molecule has 0 aromatic rings. The first-order valence-electron chi connectivity index (χ1n) is 3.56. The van der Waals surface area contributed by atoms with Crippen molar-refractivity contribution >= 4 is 0 Å². The van der Waals surface area contributed by atoms with Gasteiger partial charge in [0.25, 0.3) is 0 Å². The Labute approximate surface area is 57.2 Å². The van der Waals surface area contributed by atoms with Crippen LogP contribution in [0.4, 0.5) is 0 Å². The third-order valence-corrected chi connectivity index (χ3v) is 1.90. The number of nitrogens with one attached hydrogen (secondary N) is 1. The van der Waals surface area contributed by atoms with Gasteiger partial charge in [0.15, 0.2) is 0 Å². The molecule has 0 aromatic carbocycles. The predicted octanol–water partition coefficient (Wildman–Crippen LogP) is 1.20. The second-order valence-corrected chi connectivity index (χ2v) is 3.54. The highest BCUT2D eigenvalue weighted by molar-refractivity contribution is 4.91. The second kappa shape index (κ2) is 1.96. The Balaban J connectivity index is 2.29. The molecule has 1 aliphatic heterocycles. The van der Waals surface area contributed by atoms with Crippen molar-refractivity contribution < 1.29 is 0 Å². The molecule has 2 unspecified atom stereocenters. The van der Waals surface area contributed by atoms with Gasteiger partial charge >= 0.3 is 0 Å². The SMILES string of the molecule is CC(C)CC1(C)NN1C. The van der Waals surface area contributed by atoms with Crippen molar-refractivity contribution in [2.24, 2.45) is 5.92 Å². The highest BCUT2D eigenvalue weighted by Gasteiger charge is 2.43. The van der Waals surface area contributed by atoms with Gasteiger partial charge in [0, 0.05) is 7.05 Å². The molecule has 2 heteroatoms. The molecule has 1 fully saturated rings. The average Bonchev–Trinajstić information content (AvgIpc) is 2.10. The Morgan fingerprint density at radius 1 is 1.56 bits per heavy atom. The molecule has 1 N–H and O–H groups in total. The molecule has 0 spiro atoms. The summed E-state index contributed by atoms with van der Waals surface area (Å²) in [7, 11) is 2.09. The van der Waals surface area contributed by atoms with E-state index in [4.69, 9.17) is 0 Å². The van der Waals surface area contributed by atoms with E-state index in [0.29, 0.717) is 5.66 Å². The molecule has 9 heavy (non-hydrogen) atoms. The molecule has 0 aromatic heterocycles. The van der Waals surface area contributed by atoms with Gasteiger partial charge in [-0.3, -0.25) is 0 Å². The lowest BCUT2D eigenvalue weighted by molar-refractivity contribution is 0.406. The lowest BCUT2D eigenvalue weighted by Crippen LogP contribution is -2.15. The lowest BCUT2D eigenvalue weighted by Gasteiger charge is -2.08. The zero-order valence-electron chi connectivity index (χ0n) is 6.73. The first-order valence-corrected chi connectivity index (χ1v) is 3.56. The van der Waals surface area contributed by atoms with Gasteiger partial charge in [0.05, 0.1) is 5.66 Å². The maximum atomic E-state index is 3.27. The van der Waals surface area contributed by atoms with Crippen LogP contribution in [0.15, 0.2) is 0 Å². The minimum atomic E-state index is 0.314. The fourth-order valence-electron chi connectivity index (χ4n) is 1.31. The molecule has 1 saturated heterocycles. The van der Waals surface area contributed by atoms with Crippen LogP contribution in [0, 0.1) is 5.92 Å². The van der Waals surface area contributed by atoms with Gasteiger partial charge < -0.3 is 0 Å². The van der Waals surface area contributed by atoms with Crippen LogP contribution < -0.4 is 5.43 Å². The monoisotopic (exact) mass is 128 g/mol. The highest BCUT2D eigenvalue weighted by Crippen LogP contribution is 2.28. The van der Waals surface area contributed by atoms with Crippen molar-refractivity contribution in [2.45, 2.75) is 32.9 Å². The van der Waals surface area contributed by atoms with Gasteiger partial charge in [0.1, 0.15) is 0 Å². The van der Waals surface area contributed by atoms with Crippen LogP contribution in [-0.4, -0.2) is 17.7 Å². The summed E-state index contributed by atoms with van der Waals surface area (Å²) in [6.45, 7) is 6.73. The van der Waals surface area contributed by atoms with E-state index in [1.54, 1.807) is 0 Å². The molecule has 0 bridgehead atoms. The Morgan fingerprint density at radius 2 is 2.00 bits per heavy atom. The highest BCUT2D eigenvalue weighted by atomic mass is 15.8. The van der Waals surface area contributed by atoms with Crippen LogP contribution in [0.2, 0.25) is 0 Å². The van der Waals surface area contributed by atoms with Crippen LogP contribution in [0.3, 0.4) is 0 Å². The van der Waals surface area contributed by atoms with E-state index < -0.39 is 0 Å². The summed E-state index contributed by atoms with van der Waals surface area (Å²) in [5, 5.41) is 2.16. The average molecular weight is 128 g/mol. The Bertz CT molecular complexity index is 111. The summed E-state index contributed by atoms with van der Waals surface area (Å²) in [6, 6.07) is 0. The Morgan fingerprint density at radius 3 is 2.11 bits per heavy atom. The van der Waals surface area contributed by atoms with Crippen molar-refractivity contribution in [3.8, 4) is 0 Å². The smallest absolute Gasteiger partial charge is 0.0945 e. The van der Waals surface area contributed by atoms with Gasteiger partial charge in [-0.15, -0.1) is 0 Å². The lowest BCUT2D eigenvalue weighted by atomic mass is 10.0. The third-order valence-electron chi connectivity index (χ3n) is 1.90. The number of hydrogen-bond acceptors (Lipinski definition) is 2. The largest absolute Gasteiger partial charge is 0.233 e. The van der Waals surface area contributed by atoms with Gasteiger partial charge in [-0.2, -0.15) is 0 Å². The third kappa shape index (κ3) is 1.43. The number of hydrazine groups is 1. The molecule has 1 rings (SSSR count). The minimum Gasteiger partial charge on any atom is -0.233 e. The standard InChI is InChI=1S/C7H16N2/c1-6(2)5-7(3)8-9(7)4/h6,8H,5H2,1-4H3. The van der Waals surface area contributed by atoms with Crippen molar-refractivity contribution in [1.29, 1.82) is 0 Å². The molecule has 0 radical (unpaired) electrons. The second-order valence-electron chi connectivity index (χ2n) is 3.54. The van der Waals surface area contributed by atoms with Crippen LogP contribution >= 0.6 is 0 Å². The molecule has 54 valence electrons. The van der Waals surface area contributed by atoms with E-state index in [-0.39, 0.29) is 0 Å². The van der Waals surface area contributed by atoms with E-state index in [9.17, 15) is 0 Å². The topological polar surface area (TPSA) is 25.0 Å². The van der Waals surface area contributed by atoms with Crippen molar-refractivity contribution in [3.63, 3.8) is 0 Å². The molecule has 0 aliphatic carbocycles. The first-order chi connectivity index (χ1) is 4.04. The molecule has 0 saturated carbocycles. The zero-order valence-corrected chi connectivity index (χ0v) is 6.73. The van der Waals surface area contributed by atoms with Crippen molar-refractivity contribution in [2.75, 3.05) is 7.05 Å². The van der Waals surface area contributed by atoms with Crippen molar-refractivity contribution in [3.05, 3.63) is 0 Å². The summed E-state index contributed by atoms with van der Waals surface area (Å²) in [4.78, 5) is 0. The quantitative estimate of drug-likeness (QED) is 0.565. The molecule has 1 heterocycles. The Hall–Kier alpha value is -0.0800. The summed E-state index contributed by atoms with van der Waals surface area (Å²) < 4.78 is 0. The van der Waals surface area contributed by atoms with Gasteiger partial charge in [-0.25, -0.2) is 10.4 Å². The van der Waals surface area contributed by atoms with Gasteiger partial charge in [0.2, 0.25) is 0 Å². The van der Waals surface area contributed by atoms with Crippen molar-refractivity contribution in [1.82, 2.24) is 10.4 Å². The summed E-state index contributed by atoms with van der Waals surface area (Å²) in [5.41, 5.74) is 3.59. The number of rotatable bonds is 2. The zero-order chi connectivity index (χ0) is 7.07. The summed E-state index contributed by atoms with van der Waals surface area (Å²) >= 11 is 0. The fourth-order valence-corrected chi connectivity index (χ4v) is 1.31. The van der Waals surface area contributed by atoms with Gasteiger partial charge in [-0.05, 0) is 19.3 Å². The summed E-state index contributed by atoms with van der Waals surface area (Å²) in [6.07, 6.45) is 1.24. The maximum absolute atomic E-state index is 3.27. The fraction of sp³-hybridized carbons (Fsp3) is 1.00.